The Morgan fingerprint density at radius 3 is 2.76 bits per heavy atom. The van der Waals surface area contributed by atoms with Crippen molar-refractivity contribution in [1.82, 2.24) is 16.0 Å². The Kier molecular flexibility index (Phi) is 5.78. The van der Waals surface area contributed by atoms with Crippen LogP contribution >= 0.6 is 0 Å². The highest BCUT2D eigenvalue weighted by atomic mass is 28.3. The zero-order valence-corrected chi connectivity index (χ0v) is 15.9. The van der Waals surface area contributed by atoms with Gasteiger partial charge in [0.2, 0.25) is 11.8 Å². The summed E-state index contributed by atoms with van der Waals surface area (Å²) in [6.07, 6.45) is 5.55. The van der Waals surface area contributed by atoms with Crippen LogP contribution in [0.2, 0.25) is 18.1 Å². The van der Waals surface area contributed by atoms with Crippen LogP contribution in [0.1, 0.15) is 32.1 Å². The Labute approximate surface area is 149 Å². The van der Waals surface area contributed by atoms with Crippen LogP contribution in [0, 0.1) is 5.92 Å². The maximum atomic E-state index is 12.7. The Hall–Kier alpha value is -1.41. The number of rotatable bonds is 5. The molecule has 8 heteroatoms. The molecule has 3 rings (SSSR count). The lowest BCUT2D eigenvalue weighted by Crippen LogP contribution is -2.50. The van der Waals surface area contributed by atoms with Gasteiger partial charge in [-0.2, -0.15) is 0 Å². The number of hydrogen-bond acceptors (Lipinski definition) is 5. The van der Waals surface area contributed by atoms with Crippen LogP contribution in [0.3, 0.4) is 0 Å². The number of piperidine rings is 1. The van der Waals surface area contributed by atoms with E-state index in [0.29, 0.717) is 13.0 Å². The van der Waals surface area contributed by atoms with Gasteiger partial charge >= 0.3 is 5.97 Å². The summed E-state index contributed by atoms with van der Waals surface area (Å²) < 4.78 is 4.85. The summed E-state index contributed by atoms with van der Waals surface area (Å²) in [5.41, 5.74) is 0. The molecule has 0 aromatic carbocycles. The summed E-state index contributed by atoms with van der Waals surface area (Å²) in [6, 6.07) is 2.64. The van der Waals surface area contributed by atoms with Crippen molar-refractivity contribution >= 4 is 25.9 Å². The molecule has 3 atom stereocenters. The topological polar surface area (TPSA) is 96.5 Å². The minimum Gasteiger partial charge on any atom is -0.467 e. The van der Waals surface area contributed by atoms with Gasteiger partial charge in [0, 0.05) is 12.5 Å². The second-order valence-electron chi connectivity index (χ2n) is 7.79. The molecule has 3 N–H and O–H groups in total. The van der Waals surface area contributed by atoms with E-state index in [1.807, 2.05) is 0 Å². The van der Waals surface area contributed by atoms with Crippen molar-refractivity contribution in [3.63, 3.8) is 0 Å². The summed E-state index contributed by atoms with van der Waals surface area (Å²) in [6.45, 7) is 0.684. The first-order valence-electron chi connectivity index (χ1n) is 9.42. The molecule has 3 aliphatic rings. The predicted molar refractivity (Wildman–Crippen MR) is 95.5 cm³/mol. The van der Waals surface area contributed by atoms with Crippen molar-refractivity contribution in [2.75, 3.05) is 19.8 Å². The smallest absolute Gasteiger partial charge is 0.328 e. The number of ether oxygens (including phenoxy) is 1. The summed E-state index contributed by atoms with van der Waals surface area (Å²) in [5, 5.41) is 9.06. The van der Waals surface area contributed by atoms with Gasteiger partial charge < -0.3 is 20.7 Å². The molecule has 0 aliphatic carbocycles. The fourth-order valence-electron chi connectivity index (χ4n) is 4.58. The number of methoxy groups -OCH3 is 1. The summed E-state index contributed by atoms with van der Waals surface area (Å²) in [4.78, 5) is 36.8. The SMILES string of the molecule is COC(=O)[C@H](C[C@@H]1CCCNC1=O)NC(=O)C1C[Si]2(CCCC2)CN1. The zero-order chi connectivity index (χ0) is 17.9. The van der Waals surface area contributed by atoms with Crippen molar-refractivity contribution in [2.24, 2.45) is 5.92 Å². The van der Waals surface area contributed by atoms with Gasteiger partial charge in [0.25, 0.3) is 0 Å². The van der Waals surface area contributed by atoms with Crippen molar-refractivity contribution in [2.45, 2.75) is 62.3 Å². The molecular formula is C17H29N3O4Si. The molecule has 0 aromatic heterocycles. The fraction of sp³-hybridized carbons (Fsp3) is 0.824. The van der Waals surface area contributed by atoms with E-state index in [1.54, 1.807) is 0 Å². The summed E-state index contributed by atoms with van der Waals surface area (Å²) >= 11 is 0. The molecule has 2 amide bonds. The van der Waals surface area contributed by atoms with Gasteiger partial charge in [-0.25, -0.2) is 4.79 Å². The standard InChI is InChI=1S/C17H29N3O4Si/c1-24-17(23)13(9-12-5-4-6-18-15(12)21)20-16(22)14-10-25(11-19-14)7-2-3-8-25/h12-14,19H,2-11H2,1H3,(H,18,21)(H,20,22)/t12-,13-,14?/m0/s1. The maximum absolute atomic E-state index is 12.7. The number of amides is 2. The van der Waals surface area contributed by atoms with Crippen molar-refractivity contribution in [3.8, 4) is 0 Å². The van der Waals surface area contributed by atoms with Crippen LogP contribution in [0.4, 0.5) is 0 Å². The highest BCUT2D eigenvalue weighted by Gasteiger charge is 2.45. The average Bonchev–Trinajstić information content (AvgIpc) is 3.25. The van der Waals surface area contributed by atoms with E-state index < -0.39 is 20.1 Å². The summed E-state index contributed by atoms with van der Waals surface area (Å²) in [5.74, 6) is -0.878. The Bertz CT molecular complexity index is 536. The first-order chi connectivity index (χ1) is 12.0. The third-order valence-electron chi connectivity index (χ3n) is 6.06. The van der Waals surface area contributed by atoms with Gasteiger partial charge in [-0.3, -0.25) is 9.59 Å². The predicted octanol–water partition coefficient (Wildman–Crippen LogP) is 0.314. The quantitative estimate of drug-likeness (QED) is 0.480. The molecule has 3 fully saturated rings. The van der Waals surface area contributed by atoms with Gasteiger partial charge in [0.15, 0.2) is 0 Å². The Morgan fingerprint density at radius 1 is 1.32 bits per heavy atom. The molecule has 0 saturated carbocycles. The molecule has 0 aromatic rings. The second-order valence-corrected chi connectivity index (χ2v) is 12.6. The van der Waals surface area contributed by atoms with Crippen LogP contribution in [0.5, 0.6) is 0 Å². The van der Waals surface area contributed by atoms with Crippen molar-refractivity contribution in [3.05, 3.63) is 0 Å². The van der Waals surface area contributed by atoms with Gasteiger partial charge in [-0.05, 0) is 31.5 Å². The molecule has 0 radical (unpaired) electrons. The van der Waals surface area contributed by atoms with Crippen LogP contribution in [0.25, 0.3) is 0 Å². The van der Waals surface area contributed by atoms with Crippen LogP contribution in [0.15, 0.2) is 0 Å². The number of carbonyl (C=O) groups excluding carboxylic acids is 3. The lowest BCUT2D eigenvalue weighted by Gasteiger charge is -2.26. The fourth-order valence-corrected chi connectivity index (χ4v) is 9.61. The molecule has 3 aliphatic heterocycles. The zero-order valence-electron chi connectivity index (χ0n) is 14.9. The van der Waals surface area contributed by atoms with E-state index in [-0.39, 0.29) is 23.8 Å². The minimum atomic E-state index is -1.29. The number of nitrogens with one attached hydrogen (secondary N) is 3. The molecule has 1 unspecified atom stereocenters. The van der Waals surface area contributed by atoms with Crippen molar-refractivity contribution in [1.29, 1.82) is 0 Å². The number of esters is 1. The van der Waals surface area contributed by atoms with Gasteiger partial charge in [0.1, 0.15) is 6.04 Å². The molecule has 0 bridgehead atoms. The molecule has 1 spiro atoms. The molecule has 7 nitrogen and oxygen atoms in total. The molecule has 25 heavy (non-hydrogen) atoms. The summed E-state index contributed by atoms with van der Waals surface area (Å²) in [7, 11) is 0.0290. The van der Waals surface area contributed by atoms with Crippen LogP contribution < -0.4 is 16.0 Å². The molecular weight excluding hydrogens is 338 g/mol. The van der Waals surface area contributed by atoms with E-state index in [9.17, 15) is 14.4 Å². The van der Waals surface area contributed by atoms with Gasteiger partial charge in [-0.15, -0.1) is 0 Å². The van der Waals surface area contributed by atoms with Gasteiger partial charge in [0.05, 0.1) is 21.2 Å². The average molecular weight is 368 g/mol. The second kappa shape index (κ2) is 7.86. The monoisotopic (exact) mass is 367 g/mol. The van der Waals surface area contributed by atoms with Crippen molar-refractivity contribution < 1.29 is 19.1 Å². The third kappa shape index (κ3) is 4.23. The maximum Gasteiger partial charge on any atom is 0.328 e. The Balaban J connectivity index is 1.59. The van der Waals surface area contributed by atoms with Crippen LogP contribution in [-0.2, 0) is 19.1 Å². The minimum absolute atomic E-state index is 0.0364. The first-order valence-corrected chi connectivity index (χ1v) is 12.3. The van der Waals surface area contributed by atoms with Crippen LogP contribution in [-0.4, -0.2) is 57.8 Å². The number of carbonyl (C=O) groups is 3. The van der Waals surface area contributed by atoms with E-state index in [4.69, 9.17) is 4.74 Å². The highest BCUT2D eigenvalue weighted by Crippen LogP contribution is 2.37. The van der Waals surface area contributed by atoms with Gasteiger partial charge in [-0.1, -0.05) is 24.9 Å². The Morgan fingerprint density at radius 2 is 2.08 bits per heavy atom. The lowest BCUT2D eigenvalue weighted by molar-refractivity contribution is -0.146. The molecule has 3 saturated heterocycles. The van der Waals surface area contributed by atoms with E-state index >= 15 is 0 Å². The molecule has 140 valence electrons. The van der Waals surface area contributed by atoms with E-state index in [1.165, 1.54) is 32.0 Å². The first kappa shape index (κ1) is 18.4. The van der Waals surface area contributed by atoms with E-state index in [0.717, 1.165) is 25.1 Å². The normalized spacial score (nSPS) is 29.2. The lowest BCUT2D eigenvalue weighted by atomic mass is 9.91. The highest BCUT2D eigenvalue weighted by molar-refractivity contribution is 6.81. The van der Waals surface area contributed by atoms with E-state index in [2.05, 4.69) is 16.0 Å². The number of hydrogen-bond donors (Lipinski definition) is 3. The molecule has 3 heterocycles. The largest absolute Gasteiger partial charge is 0.467 e. The third-order valence-corrected chi connectivity index (χ3v) is 11.1.